The van der Waals surface area contributed by atoms with Crippen LogP contribution in [0.3, 0.4) is 0 Å². The molecule has 0 spiro atoms. The molecular weight excluding hydrogens is 791 g/mol. The third-order valence-electron chi connectivity index (χ3n) is 12.5. The second-order valence-corrected chi connectivity index (χ2v) is 18.1. The molecule has 62 heavy (non-hydrogen) atoms. The van der Waals surface area contributed by atoms with Crippen molar-refractivity contribution >= 4 is 113 Å². The Bertz CT molecular complexity index is 3850. The maximum Gasteiger partial charge on any atom is 0.160 e. The van der Waals surface area contributed by atoms with Crippen molar-refractivity contribution in [3.63, 3.8) is 0 Å². The highest BCUT2D eigenvalue weighted by molar-refractivity contribution is 7.30. The molecule has 0 saturated heterocycles. The van der Waals surface area contributed by atoms with E-state index in [0.717, 1.165) is 39.0 Å². The molecule has 13 aromatic rings. The third-order valence-corrected chi connectivity index (χ3v) is 14.9. The average molecular weight is 826 g/mol. The Morgan fingerprint density at radius 1 is 0.339 bits per heavy atom. The van der Waals surface area contributed by atoms with Crippen LogP contribution in [0.2, 0.25) is 0 Å². The van der Waals surface area contributed by atoms with Crippen LogP contribution in [0.25, 0.3) is 106 Å². The lowest BCUT2D eigenvalue weighted by molar-refractivity contribution is 0.669. The molecule has 0 aliphatic carbocycles. The number of fused-ring (bicyclic) bond motifs is 11. The molecule has 0 bridgehead atoms. The van der Waals surface area contributed by atoms with Gasteiger partial charge in [-0.05, 0) is 87.1 Å². The van der Waals surface area contributed by atoms with Gasteiger partial charge in [0.1, 0.15) is 5.58 Å². The van der Waals surface area contributed by atoms with Crippen molar-refractivity contribution < 1.29 is 4.42 Å². The second kappa shape index (κ2) is 14.0. The number of para-hydroxylation sites is 1. The molecule has 2 nitrogen and oxygen atoms in total. The summed E-state index contributed by atoms with van der Waals surface area (Å²) in [6.07, 6.45) is 0. The highest BCUT2D eigenvalue weighted by atomic mass is 32.1. The van der Waals surface area contributed by atoms with Gasteiger partial charge in [-0.1, -0.05) is 164 Å². The molecule has 290 valence electrons. The minimum atomic E-state index is 0.860. The zero-order valence-corrected chi connectivity index (χ0v) is 35.0. The number of anilines is 3. The third kappa shape index (κ3) is 5.47. The van der Waals surface area contributed by atoms with Gasteiger partial charge >= 0.3 is 0 Å². The molecule has 4 heteroatoms. The van der Waals surface area contributed by atoms with Crippen LogP contribution in [0.15, 0.2) is 217 Å². The molecule has 10 aromatic carbocycles. The summed E-state index contributed by atoms with van der Waals surface area (Å²) in [6, 6.07) is 77.0. The first-order valence-electron chi connectivity index (χ1n) is 21.0. The minimum absolute atomic E-state index is 0.860. The first-order chi connectivity index (χ1) is 30.7. The fourth-order valence-electron chi connectivity index (χ4n) is 9.62. The maximum absolute atomic E-state index is 7.03. The van der Waals surface area contributed by atoms with Crippen molar-refractivity contribution in [2.75, 3.05) is 4.90 Å². The Hall–Kier alpha value is -7.50. The Morgan fingerprint density at radius 2 is 0.968 bits per heavy atom. The van der Waals surface area contributed by atoms with Crippen LogP contribution in [0.5, 0.6) is 0 Å². The van der Waals surface area contributed by atoms with E-state index >= 15 is 0 Å². The highest BCUT2D eigenvalue weighted by Crippen LogP contribution is 2.51. The molecule has 0 saturated carbocycles. The summed E-state index contributed by atoms with van der Waals surface area (Å²) in [7, 11) is 0. The van der Waals surface area contributed by atoms with Crippen molar-refractivity contribution in [3.8, 4) is 33.4 Å². The number of furan rings is 1. The fraction of sp³-hybridized carbons (Fsp3) is 0. The molecule has 0 amide bonds. The van der Waals surface area contributed by atoms with Crippen molar-refractivity contribution in [1.29, 1.82) is 0 Å². The van der Waals surface area contributed by atoms with E-state index in [2.05, 4.69) is 217 Å². The molecule has 0 unspecified atom stereocenters. The van der Waals surface area contributed by atoms with Gasteiger partial charge in [0.05, 0.1) is 5.69 Å². The van der Waals surface area contributed by atoms with E-state index < -0.39 is 0 Å². The van der Waals surface area contributed by atoms with E-state index in [4.69, 9.17) is 4.42 Å². The maximum atomic E-state index is 7.03. The van der Waals surface area contributed by atoms with Crippen molar-refractivity contribution in [3.05, 3.63) is 212 Å². The lowest BCUT2D eigenvalue weighted by Crippen LogP contribution is -2.10. The molecule has 13 rings (SSSR count). The van der Waals surface area contributed by atoms with Gasteiger partial charge in [-0.3, -0.25) is 0 Å². The molecule has 0 atom stereocenters. The van der Waals surface area contributed by atoms with Gasteiger partial charge in [-0.2, -0.15) is 0 Å². The predicted octanol–water partition coefficient (Wildman–Crippen LogP) is 17.9. The Morgan fingerprint density at radius 3 is 1.81 bits per heavy atom. The van der Waals surface area contributed by atoms with Crippen molar-refractivity contribution in [2.45, 2.75) is 0 Å². The average Bonchev–Trinajstić information content (AvgIpc) is 4.04. The standard InChI is InChI=1S/C58H35NOS2/c1-2-12-36(13-3-1)37-24-28-40(29-25-37)59(41-30-26-39(27-31-41)43-19-10-15-38-14-4-5-16-42(38)43)50-34-32-44(54-48-17-6-8-22-51(48)60-56(50)54)45-20-11-21-46-47-33-35-53-55(58(47)62-57(45)46)49-18-7-9-23-52(49)61-53/h1-35H. The van der Waals surface area contributed by atoms with Gasteiger partial charge in [-0.15, -0.1) is 22.7 Å². The van der Waals surface area contributed by atoms with Gasteiger partial charge in [0.15, 0.2) is 5.58 Å². The summed E-state index contributed by atoms with van der Waals surface area (Å²) in [5.41, 5.74) is 12.0. The number of nitrogens with zero attached hydrogens (tertiary/aromatic N) is 1. The zero-order valence-electron chi connectivity index (χ0n) is 33.4. The Labute approximate surface area is 365 Å². The number of benzene rings is 10. The zero-order chi connectivity index (χ0) is 40.7. The first-order valence-corrected chi connectivity index (χ1v) is 22.6. The van der Waals surface area contributed by atoms with Crippen LogP contribution in [-0.4, -0.2) is 0 Å². The smallest absolute Gasteiger partial charge is 0.160 e. The number of hydrogen-bond donors (Lipinski definition) is 0. The van der Waals surface area contributed by atoms with Crippen molar-refractivity contribution in [1.82, 2.24) is 0 Å². The minimum Gasteiger partial charge on any atom is -0.454 e. The first kappa shape index (κ1) is 35.3. The van der Waals surface area contributed by atoms with Gasteiger partial charge in [0, 0.05) is 68.1 Å². The predicted molar refractivity (Wildman–Crippen MR) is 268 cm³/mol. The summed E-state index contributed by atoms with van der Waals surface area (Å²) in [5, 5.41) is 10.0. The van der Waals surface area contributed by atoms with Crippen LogP contribution in [0, 0.1) is 0 Å². The number of hydrogen-bond acceptors (Lipinski definition) is 4. The van der Waals surface area contributed by atoms with Crippen molar-refractivity contribution in [2.24, 2.45) is 0 Å². The van der Waals surface area contributed by atoms with Crippen LogP contribution >= 0.6 is 22.7 Å². The van der Waals surface area contributed by atoms with Crippen LogP contribution in [-0.2, 0) is 0 Å². The summed E-state index contributed by atoms with van der Waals surface area (Å²) in [6.45, 7) is 0. The van der Waals surface area contributed by atoms with Gasteiger partial charge < -0.3 is 9.32 Å². The van der Waals surface area contributed by atoms with E-state index in [0.29, 0.717) is 0 Å². The lowest BCUT2D eigenvalue weighted by Gasteiger charge is -2.26. The van der Waals surface area contributed by atoms with Crippen LogP contribution in [0.4, 0.5) is 17.1 Å². The summed E-state index contributed by atoms with van der Waals surface area (Å²) in [5.74, 6) is 0. The molecule has 0 fully saturated rings. The van der Waals surface area contributed by atoms with Gasteiger partial charge in [0.2, 0.25) is 0 Å². The van der Waals surface area contributed by atoms with E-state index in [-0.39, 0.29) is 0 Å². The number of rotatable bonds is 6. The Kier molecular flexibility index (Phi) is 7.99. The summed E-state index contributed by atoms with van der Waals surface area (Å²) >= 11 is 3.80. The molecule has 0 N–H and O–H groups in total. The highest BCUT2D eigenvalue weighted by Gasteiger charge is 2.24. The summed E-state index contributed by atoms with van der Waals surface area (Å²) < 4.78 is 12.3. The van der Waals surface area contributed by atoms with E-state index in [1.165, 1.54) is 84.5 Å². The second-order valence-electron chi connectivity index (χ2n) is 16.0. The van der Waals surface area contributed by atoms with E-state index in [1.807, 2.05) is 22.7 Å². The summed E-state index contributed by atoms with van der Waals surface area (Å²) in [4.78, 5) is 2.36. The van der Waals surface area contributed by atoms with Gasteiger partial charge in [-0.25, -0.2) is 0 Å². The Balaban J connectivity index is 1.03. The van der Waals surface area contributed by atoms with E-state index in [9.17, 15) is 0 Å². The molecule has 0 radical (unpaired) electrons. The molecule has 3 aromatic heterocycles. The van der Waals surface area contributed by atoms with Crippen LogP contribution in [0.1, 0.15) is 0 Å². The van der Waals surface area contributed by atoms with Gasteiger partial charge in [0.25, 0.3) is 0 Å². The van der Waals surface area contributed by atoms with E-state index in [1.54, 1.807) is 0 Å². The van der Waals surface area contributed by atoms with Crippen LogP contribution < -0.4 is 4.90 Å². The lowest BCUT2D eigenvalue weighted by atomic mass is 9.96. The fourth-order valence-corrected chi connectivity index (χ4v) is 12.2. The molecular formula is C58H35NOS2. The normalized spacial score (nSPS) is 11.9. The molecule has 0 aliphatic heterocycles. The molecule has 0 aliphatic rings. The quantitative estimate of drug-likeness (QED) is 0.166. The SMILES string of the molecule is c1ccc(-c2ccc(N(c3ccc(-c4cccc5ccccc45)cc3)c3ccc(-c4cccc5c4sc4c5ccc5sc6ccccc6c54)c4c3oc3ccccc34)cc2)cc1. The monoisotopic (exact) mass is 825 g/mol. The number of thiophene rings is 2. The largest absolute Gasteiger partial charge is 0.454 e. The molecule has 3 heterocycles. The topological polar surface area (TPSA) is 16.4 Å².